The van der Waals surface area contributed by atoms with E-state index in [-0.39, 0.29) is 17.5 Å². The molecule has 122 valence electrons. The quantitative estimate of drug-likeness (QED) is 0.834. The molecule has 0 saturated heterocycles. The molecule has 0 spiro atoms. The number of hydrogen-bond donors (Lipinski definition) is 1. The van der Waals surface area contributed by atoms with Gasteiger partial charge in [-0.3, -0.25) is 4.79 Å². The largest absolute Gasteiger partial charge is 0.483 e. The third-order valence-electron chi connectivity index (χ3n) is 2.97. The number of aryl methyl sites for hydroxylation is 2. The zero-order valence-electron chi connectivity index (χ0n) is 12.5. The van der Waals surface area contributed by atoms with Crippen molar-refractivity contribution in [2.75, 3.05) is 11.9 Å². The van der Waals surface area contributed by atoms with E-state index in [4.69, 9.17) is 15.4 Å². The minimum absolute atomic E-state index is 0.167. The third kappa shape index (κ3) is 4.94. The molecule has 1 heterocycles. The second-order valence-electron chi connectivity index (χ2n) is 4.93. The van der Waals surface area contributed by atoms with E-state index >= 15 is 0 Å². The van der Waals surface area contributed by atoms with Crippen LogP contribution in [0.2, 0.25) is 0 Å². The molecule has 8 heteroatoms. The van der Waals surface area contributed by atoms with Crippen LogP contribution in [-0.2, 0) is 13.8 Å². The molecule has 1 aromatic carbocycles. The number of nitrogens with one attached hydrogen (secondary N) is 1. The number of nitrogens with zero attached hydrogens (tertiary/aromatic N) is 1. The minimum Gasteiger partial charge on any atom is -0.483 e. The Bertz CT molecular complexity index is 820. The fourth-order valence-electron chi connectivity index (χ4n) is 1.80. The Labute approximate surface area is 138 Å². The van der Waals surface area contributed by atoms with E-state index < -0.39 is 9.05 Å². The lowest BCUT2D eigenvalue weighted by Crippen LogP contribution is -2.20. The average molecular weight is 355 g/mol. The number of hydrogen-bond acceptors (Lipinski definition) is 5. The van der Waals surface area contributed by atoms with Crippen LogP contribution in [0.15, 0.2) is 41.6 Å². The summed E-state index contributed by atoms with van der Waals surface area (Å²) in [6.07, 6.45) is 1.21. The number of aromatic nitrogens is 1. The highest BCUT2D eigenvalue weighted by Gasteiger charge is 2.12. The fourth-order valence-corrected chi connectivity index (χ4v) is 2.48. The zero-order valence-corrected chi connectivity index (χ0v) is 14.1. The summed E-state index contributed by atoms with van der Waals surface area (Å²) in [6.45, 7) is 3.66. The molecule has 0 bridgehead atoms. The van der Waals surface area contributed by atoms with Crippen molar-refractivity contribution in [3.63, 3.8) is 0 Å². The molecule has 1 aromatic heterocycles. The van der Waals surface area contributed by atoms with Crippen molar-refractivity contribution in [3.05, 3.63) is 47.7 Å². The first-order chi connectivity index (χ1) is 10.8. The van der Waals surface area contributed by atoms with E-state index in [1.54, 1.807) is 0 Å². The molecule has 1 amide bonds. The summed E-state index contributed by atoms with van der Waals surface area (Å²) >= 11 is 0. The standard InChI is InChI=1S/C15H15ClN2O4S/c1-10-3-4-11(2)13(7-10)22-9-14(19)18-12-5-6-15(17-8-12)23(16,20)21/h3-8H,9H2,1-2H3,(H,18,19). The summed E-state index contributed by atoms with van der Waals surface area (Å²) < 4.78 is 27.6. The number of carbonyl (C=O) groups is 1. The molecule has 2 rings (SSSR count). The predicted molar refractivity (Wildman–Crippen MR) is 87.3 cm³/mol. The Morgan fingerprint density at radius 2 is 2.00 bits per heavy atom. The lowest BCUT2D eigenvalue weighted by molar-refractivity contribution is -0.118. The van der Waals surface area contributed by atoms with Crippen LogP contribution in [0, 0.1) is 13.8 Å². The topological polar surface area (TPSA) is 85.4 Å². The Balaban J connectivity index is 1.96. The van der Waals surface area contributed by atoms with Crippen LogP contribution in [0.4, 0.5) is 5.69 Å². The van der Waals surface area contributed by atoms with Crippen molar-refractivity contribution in [3.8, 4) is 5.75 Å². The van der Waals surface area contributed by atoms with Gasteiger partial charge in [0.2, 0.25) is 0 Å². The molecular formula is C15H15ClN2O4S. The normalized spacial score (nSPS) is 11.1. The second kappa shape index (κ2) is 6.97. The Kier molecular flexibility index (Phi) is 5.23. The van der Waals surface area contributed by atoms with Crippen LogP contribution in [0.1, 0.15) is 11.1 Å². The van der Waals surface area contributed by atoms with Crippen LogP contribution in [0.5, 0.6) is 5.75 Å². The lowest BCUT2D eigenvalue weighted by atomic mass is 10.1. The molecular weight excluding hydrogens is 340 g/mol. The third-order valence-corrected chi connectivity index (χ3v) is 4.19. The lowest BCUT2D eigenvalue weighted by Gasteiger charge is -2.10. The molecule has 6 nitrogen and oxygen atoms in total. The summed E-state index contributed by atoms with van der Waals surface area (Å²) in [5.41, 5.74) is 2.32. The summed E-state index contributed by atoms with van der Waals surface area (Å²) in [5.74, 6) is 0.260. The monoisotopic (exact) mass is 354 g/mol. The number of benzene rings is 1. The number of ether oxygens (including phenoxy) is 1. The van der Waals surface area contributed by atoms with Crippen molar-refractivity contribution in [1.29, 1.82) is 0 Å². The first-order valence-electron chi connectivity index (χ1n) is 6.66. The van der Waals surface area contributed by atoms with Gasteiger partial charge >= 0.3 is 0 Å². The van der Waals surface area contributed by atoms with Crippen LogP contribution in [0.25, 0.3) is 0 Å². The van der Waals surface area contributed by atoms with Gasteiger partial charge in [0.1, 0.15) is 5.75 Å². The van der Waals surface area contributed by atoms with Crippen LogP contribution < -0.4 is 10.1 Å². The first-order valence-corrected chi connectivity index (χ1v) is 8.97. The molecule has 2 aromatic rings. The summed E-state index contributed by atoms with van der Waals surface area (Å²) in [7, 11) is 1.28. The van der Waals surface area contributed by atoms with Crippen molar-refractivity contribution in [2.45, 2.75) is 18.9 Å². The van der Waals surface area contributed by atoms with E-state index in [1.165, 1.54) is 18.3 Å². The van der Waals surface area contributed by atoms with Crippen molar-refractivity contribution >= 4 is 31.3 Å². The maximum atomic E-state index is 11.9. The number of carbonyl (C=O) groups excluding carboxylic acids is 1. The summed E-state index contributed by atoms with van der Waals surface area (Å²) in [5, 5.41) is 2.29. The van der Waals surface area contributed by atoms with Gasteiger partial charge in [-0.15, -0.1) is 0 Å². The minimum atomic E-state index is -3.88. The van der Waals surface area contributed by atoms with Crippen LogP contribution in [-0.4, -0.2) is 25.9 Å². The number of anilines is 1. The van der Waals surface area contributed by atoms with E-state index in [2.05, 4.69) is 10.3 Å². The van der Waals surface area contributed by atoms with E-state index in [9.17, 15) is 13.2 Å². The molecule has 0 atom stereocenters. The van der Waals surface area contributed by atoms with Crippen LogP contribution in [0.3, 0.4) is 0 Å². The molecule has 0 aliphatic heterocycles. The van der Waals surface area contributed by atoms with Gasteiger partial charge in [0.05, 0.1) is 11.9 Å². The highest BCUT2D eigenvalue weighted by Crippen LogP contribution is 2.19. The van der Waals surface area contributed by atoms with Crippen molar-refractivity contribution in [1.82, 2.24) is 4.98 Å². The van der Waals surface area contributed by atoms with Gasteiger partial charge in [0.15, 0.2) is 11.6 Å². The molecule has 0 aliphatic carbocycles. The molecule has 0 saturated carbocycles. The van der Waals surface area contributed by atoms with Gasteiger partial charge in [0.25, 0.3) is 15.0 Å². The maximum Gasteiger partial charge on any atom is 0.278 e. The summed E-state index contributed by atoms with van der Waals surface area (Å²) in [4.78, 5) is 15.5. The van der Waals surface area contributed by atoms with Gasteiger partial charge < -0.3 is 10.1 Å². The Morgan fingerprint density at radius 1 is 1.26 bits per heavy atom. The molecule has 1 N–H and O–H groups in total. The summed E-state index contributed by atoms with van der Waals surface area (Å²) in [6, 6.07) is 8.34. The Morgan fingerprint density at radius 3 is 2.61 bits per heavy atom. The van der Waals surface area contributed by atoms with E-state index in [0.29, 0.717) is 11.4 Å². The number of amides is 1. The van der Waals surface area contributed by atoms with Crippen LogP contribution >= 0.6 is 10.7 Å². The first kappa shape index (κ1) is 17.2. The smallest absolute Gasteiger partial charge is 0.278 e. The highest BCUT2D eigenvalue weighted by atomic mass is 35.7. The number of rotatable bonds is 5. The number of pyridine rings is 1. The predicted octanol–water partition coefficient (Wildman–Crippen LogP) is 2.64. The average Bonchev–Trinajstić information content (AvgIpc) is 2.48. The maximum absolute atomic E-state index is 11.9. The van der Waals surface area contributed by atoms with Crippen molar-refractivity contribution < 1.29 is 17.9 Å². The van der Waals surface area contributed by atoms with Gasteiger partial charge in [-0.2, -0.15) is 0 Å². The molecule has 23 heavy (non-hydrogen) atoms. The molecule has 0 aliphatic rings. The van der Waals surface area contributed by atoms with Crippen molar-refractivity contribution in [2.24, 2.45) is 0 Å². The van der Waals surface area contributed by atoms with E-state index in [0.717, 1.165) is 11.1 Å². The van der Waals surface area contributed by atoms with Gasteiger partial charge in [-0.1, -0.05) is 12.1 Å². The second-order valence-corrected chi connectivity index (χ2v) is 7.44. The van der Waals surface area contributed by atoms with Gasteiger partial charge in [0, 0.05) is 10.7 Å². The molecule has 0 fully saturated rings. The van der Waals surface area contributed by atoms with Gasteiger partial charge in [-0.05, 0) is 43.2 Å². The number of halogens is 1. The van der Waals surface area contributed by atoms with E-state index in [1.807, 2.05) is 32.0 Å². The zero-order chi connectivity index (χ0) is 17.0. The van der Waals surface area contributed by atoms with Gasteiger partial charge in [-0.25, -0.2) is 13.4 Å². The fraction of sp³-hybridized carbons (Fsp3) is 0.200. The highest BCUT2D eigenvalue weighted by molar-refractivity contribution is 8.13. The Hall–Kier alpha value is -2.12. The molecule has 0 unspecified atom stereocenters. The SMILES string of the molecule is Cc1ccc(C)c(OCC(=O)Nc2ccc(S(=O)(=O)Cl)nc2)c1. The molecule has 0 radical (unpaired) electrons.